The number of ether oxygens (including phenoxy) is 1. The van der Waals surface area contributed by atoms with Gasteiger partial charge in [-0.15, -0.1) is 0 Å². The fourth-order valence-corrected chi connectivity index (χ4v) is 1.95. The molecule has 0 bridgehead atoms. The Morgan fingerprint density at radius 3 is 2.39 bits per heavy atom. The van der Waals surface area contributed by atoms with E-state index in [0.29, 0.717) is 0 Å². The monoisotopic (exact) mass is 240 g/mol. The van der Waals surface area contributed by atoms with Gasteiger partial charge in [0.15, 0.2) is 0 Å². The Morgan fingerprint density at radius 1 is 1.00 bits per heavy atom. The number of carbonyl (C=O) groups is 1. The Morgan fingerprint density at radius 2 is 1.72 bits per heavy atom. The lowest BCUT2D eigenvalue weighted by molar-refractivity contribution is 0.112. The molecule has 92 valence electrons. The first-order chi connectivity index (χ1) is 8.83. The van der Waals surface area contributed by atoms with Crippen LogP contribution in [-0.2, 0) is 12.8 Å². The van der Waals surface area contributed by atoms with Gasteiger partial charge in [0.25, 0.3) is 0 Å². The Balaban J connectivity index is 2.04. The lowest BCUT2D eigenvalue weighted by Gasteiger charge is -2.05. The van der Waals surface area contributed by atoms with Crippen molar-refractivity contribution in [1.82, 2.24) is 0 Å². The van der Waals surface area contributed by atoms with Crippen molar-refractivity contribution in [3.8, 4) is 5.75 Å². The standard InChI is InChI=1S/C16H16O2/c1-18-16-10-7-13(8-11-16)6-9-14-4-2-3-5-15(14)12-17/h2-5,7-8,10-12H,6,9H2,1H3. The Bertz CT molecular complexity index is 515. The third kappa shape index (κ3) is 2.98. The molecule has 0 aromatic heterocycles. The molecule has 2 heteroatoms. The molecule has 18 heavy (non-hydrogen) atoms. The number of benzene rings is 2. The number of methoxy groups -OCH3 is 1. The third-order valence-corrected chi connectivity index (χ3v) is 3.02. The second-order valence-electron chi connectivity index (χ2n) is 4.16. The van der Waals surface area contributed by atoms with E-state index < -0.39 is 0 Å². The van der Waals surface area contributed by atoms with Gasteiger partial charge in [-0.05, 0) is 36.1 Å². The SMILES string of the molecule is COc1ccc(CCc2ccccc2C=O)cc1. The summed E-state index contributed by atoms with van der Waals surface area (Å²) in [6.45, 7) is 0. The molecule has 0 radical (unpaired) electrons. The van der Waals surface area contributed by atoms with Crippen LogP contribution in [0.3, 0.4) is 0 Å². The van der Waals surface area contributed by atoms with Crippen molar-refractivity contribution in [2.45, 2.75) is 12.8 Å². The molecular weight excluding hydrogens is 224 g/mol. The first-order valence-electron chi connectivity index (χ1n) is 5.99. The van der Waals surface area contributed by atoms with Gasteiger partial charge in [-0.25, -0.2) is 0 Å². The molecule has 0 saturated heterocycles. The van der Waals surface area contributed by atoms with Crippen LogP contribution in [0, 0.1) is 0 Å². The summed E-state index contributed by atoms with van der Waals surface area (Å²) in [5, 5.41) is 0. The second-order valence-corrected chi connectivity index (χ2v) is 4.16. The van der Waals surface area contributed by atoms with Crippen molar-refractivity contribution >= 4 is 6.29 Å². The van der Waals surface area contributed by atoms with Gasteiger partial charge >= 0.3 is 0 Å². The number of carbonyl (C=O) groups excluding carboxylic acids is 1. The van der Waals surface area contributed by atoms with Crippen LogP contribution in [0.1, 0.15) is 21.5 Å². The van der Waals surface area contributed by atoms with E-state index in [4.69, 9.17) is 4.74 Å². The maximum Gasteiger partial charge on any atom is 0.150 e. The fourth-order valence-electron chi connectivity index (χ4n) is 1.95. The zero-order valence-corrected chi connectivity index (χ0v) is 10.4. The van der Waals surface area contributed by atoms with E-state index in [1.807, 2.05) is 36.4 Å². The Kier molecular flexibility index (Phi) is 4.13. The lowest BCUT2D eigenvalue weighted by Crippen LogP contribution is -1.96. The van der Waals surface area contributed by atoms with Crippen LogP contribution in [0.4, 0.5) is 0 Å². The quantitative estimate of drug-likeness (QED) is 0.750. The van der Waals surface area contributed by atoms with Gasteiger partial charge in [-0.3, -0.25) is 4.79 Å². The van der Waals surface area contributed by atoms with Crippen molar-refractivity contribution in [3.63, 3.8) is 0 Å². The molecule has 0 saturated carbocycles. The highest BCUT2D eigenvalue weighted by molar-refractivity contribution is 5.77. The molecule has 0 N–H and O–H groups in total. The van der Waals surface area contributed by atoms with E-state index in [0.717, 1.165) is 36.0 Å². The fraction of sp³-hybridized carbons (Fsp3) is 0.188. The number of aldehydes is 1. The number of hydrogen-bond donors (Lipinski definition) is 0. The zero-order valence-electron chi connectivity index (χ0n) is 10.4. The smallest absolute Gasteiger partial charge is 0.150 e. The van der Waals surface area contributed by atoms with Crippen LogP contribution < -0.4 is 4.74 Å². The normalized spacial score (nSPS) is 10.1. The summed E-state index contributed by atoms with van der Waals surface area (Å²) in [5.74, 6) is 0.868. The summed E-state index contributed by atoms with van der Waals surface area (Å²) in [7, 11) is 1.66. The Hall–Kier alpha value is -2.09. The number of rotatable bonds is 5. The molecule has 0 heterocycles. The van der Waals surface area contributed by atoms with Crippen molar-refractivity contribution in [1.29, 1.82) is 0 Å². The summed E-state index contributed by atoms with van der Waals surface area (Å²) in [6.07, 6.45) is 2.72. The molecule has 2 nitrogen and oxygen atoms in total. The van der Waals surface area contributed by atoms with Gasteiger partial charge in [-0.1, -0.05) is 36.4 Å². The largest absolute Gasteiger partial charge is 0.497 e. The molecule has 2 rings (SSSR count). The summed E-state index contributed by atoms with van der Waals surface area (Å²) in [6, 6.07) is 15.8. The minimum atomic E-state index is 0.783. The lowest BCUT2D eigenvalue weighted by atomic mass is 10.0. The third-order valence-electron chi connectivity index (χ3n) is 3.02. The minimum Gasteiger partial charge on any atom is -0.497 e. The number of hydrogen-bond acceptors (Lipinski definition) is 2. The molecule has 0 unspecified atom stereocenters. The van der Waals surface area contributed by atoms with Gasteiger partial charge in [-0.2, -0.15) is 0 Å². The average Bonchev–Trinajstić information content (AvgIpc) is 2.46. The van der Waals surface area contributed by atoms with Crippen LogP contribution in [0.5, 0.6) is 5.75 Å². The molecule has 0 aliphatic rings. The molecule has 0 aliphatic carbocycles. The highest BCUT2D eigenvalue weighted by atomic mass is 16.5. The van der Waals surface area contributed by atoms with Crippen LogP contribution in [0.15, 0.2) is 48.5 Å². The van der Waals surface area contributed by atoms with E-state index >= 15 is 0 Å². The van der Waals surface area contributed by atoms with Crippen LogP contribution in [0.25, 0.3) is 0 Å². The van der Waals surface area contributed by atoms with Crippen LogP contribution in [0.2, 0.25) is 0 Å². The minimum absolute atomic E-state index is 0.783. The van der Waals surface area contributed by atoms with Crippen LogP contribution >= 0.6 is 0 Å². The van der Waals surface area contributed by atoms with Crippen LogP contribution in [-0.4, -0.2) is 13.4 Å². The predicted molar refractivity (Wildman–Crippen MR) is 72.2 cm³/mol. The molecule has 0 spiro atoms. The molecule has 0 amide bonds. The van der Waals surface area contributed by atoms with Gasteiger partial charge in [0.1, 0.15) is 12.0 Å². The molecule has 0 fully saturated rings. The van der Waals surface area contributed by atoms with Gasteiger partial charge < -0.3 is 4.74 Å². The summed E-state index contributed by atoms with van der Waals surface area (Å²) in [5.41, 5.74) is 3.13. The molecular formula is C16H16O2. The van der Waals surface area contributed by atoms with Crippen molar-refractivity contribution < 1.29 is 9.53 Å². The number of aryl methyl sites for hydroxylation is 2. The highest BCUT2D eigenvalue weighted by Crippen LogP contribution is 2.14. The predicted octanol–water partition coefficient (Wildman–Crippen LogP) is 3.29. The van der Waals surface area contributed by atoms with Crippen molar-refractivity contribution in [2.75, 3.05) is 7.11 Å². The maximum absolute atomic E-state index is 10.9. The van der Waals surface area contributed by atoms with Crippen molar-refractivity contribution in [3.05, 3.63) is 65.2 Å². The van der Waals surface area contributed by atoms with Crippen molar-refractivity contribution in [2.24, 2.45) is 0 Å². The topological polar surface area (TPSA) is 26.3 Å². The van der Waals surface area contributed by atoms with Gasteiger partial charge in [0.2, 0.25) is 0 Å². The molecule has 0 aliphatic heterocycles. The van der Waals surface area contributed by atoms with E-state index in [1.54, 1.807) is 7.11 Å². The molecule has 0 atom stereocenters. The second kappa shape index (κ2) is 6.01. The Labute approximate surface area is 107 Å². The molecule has 2 aromatic carbocycles. The van der Waals surface area contributed by atoms with E-state index in [2.05, 4.69) is 12.1 Å². The maximum atomic E-state index is 10.9. The average molecular weight is 240 g/mol. The first kappa shape index (κ1) is 12.4. The van der Waals surface area contributed by atoms with E-state index in [9.17, 15) is 4.79 Å². The van der Waals surface area contributed by atoms with Gasteiger partial charge in [0, 0.05) is 5.56 Å². The van der Waals surface area contributed by atoms with E-state index in [-0.39, 0.29) is 0 Å². The summed E-state index contributed by atoms with van der Waals surface area (Å²) in [4.78, 5) is 10.9. The zero-order chi connectivity index (χ0) is 12.8. The summed E-state index contributed by atoms with van der Waals surface area (Å²) < 4.78 is 5.12. The highest BCUT2D eigenvalue weighted by Gasteiger charge is 2.01. The van der Waals surface area contributed by atoms with E-state index in [1.165, 1.54) is 5.56 Å². The summed E-state index contributed by atoms with van der Waals surface area (Å²) >= 11 is 0. The van der Waals surface area contributed by atoms with Gasteiger partial charge in [0.05, 0.1) is 7.11 Å². The molecule has 2 aromatic rings. The first-order valence-corrected chi connectivity index (χ1v) is 5.99.